The van der Waals surface area contributed by atoms with Crippen molar-refractivity contribution in [1.29, 1.82) is 5.26 Å². The second-order valence-electron chi connectivity index (χ2n) is 6.87. The van der Waals surface area contributed by atoms with Gasteiger partial charge in [0.25, 0.3) is 0 Å². The molecule has 1 saturated carbocycles. The smallest absolute Gasteiger partial charge is 0.155 e. The van der Waals surface area contributed by atoms with Gasteiger partial charge in [0.2, 0.25) is 0 Å². The molecule has 0 bridgehead atoms. The van der Waals surface area contributed by atoms with Crippen molar-refractivity contribution >= 4 is 28.8 Å². The minimum absolute atomic E-state index is 0.115. The second kappa shape index (κ2) is 6.46. The summed E-state index contributed by atoms with van der Waals surface area (Å²) in [5.74, 6) is -0.706. The molecule has 0 saturated heterocycles. The summed E-state index contributed by atoms with van der Waals surface area (Å²) in [6.07, 6.45) is 3.55. The molecule has 2 N–H and O–H groups in total. The first-order valence-electron chi connectivity index (χ1n) is 8.46. The van der Waals surface area contributed by atoms with Gasteiger partial charge < -0.3 is 5.73 Å². The Labute approximate surface area is 159 Å². The topological polar surface area (TPSA) is 75.1 Å². The number of nitrogens with zero attached hydrogens (tertiary/aromatic N) is 3. The third kappa shape index (κ3) is 3.21. The minimum Gasteiger partial charge on any atom is -0.379 e. The zero-order valence-corrected chi connectivity index (χ0v) is 15.3. The van der Waals surface area contributed by atoms with E-state index in [0.717, 1.165) is 6.42 Å². The van der Waals surface area contributed by atoms with Crippen molar-refractivity contribution in [1.82, 2.24) is 4.98 Å². The number of pyridine rings is 1. The Morgan fingerprint density at radius 2 is 2.22 bits per heavy atom. The summed E-state index contributed by atoms with van der Waals surface area (Å²) in [6.45, 7) is 1.88. The van der Waals surface area contributed by atoms with Crippen LogP contribution in [0.4, 0.5) is 8.78 Å². The molecular weight excluding hydrogens is 366 g/mol. The van der Waals surface area contributed by atoms with Gasteiger partial charge in [-0.15, -0.1) is 0 Å². The SMILES string of the molecule is CC1(c2cc(C=C(F)c3ccc(C#N)cn3)ccc2F)N=C(N)SC2CC21. The molecule has 7 heteroatoms. The van der Waals surface area contributed by atoms with Crippen molar-refractivity contribution < 1.29 is 8.78 Å². The lowest BCUT2D eigenvalue weighted by Gasteiger charge is -2.30. The highest BCUT2D eigenvalue weighted by Gasteiger charge is 2.55. The fourth-order valence-electron chi connectivity index (χ4n) is 3.49. The van der Waals surface area contributed by atoms with E-state index in [1.807, 2.05) is 13.0 Å². The number of amidine groups is 1. The molecule has 4 rings (SSSR count). The third-order valence-corrected chi connectivity index (χ3v) is 6.19. The number of hydrogen-bond donors (Lipinski definition) is 1. The molecule has 4 nitrogen and oxygen atoms in total. The maximum absolute atomic E-state index is 14.6. The van der Waals surface area contributed by atoms with Gasteiger partial charge >= 0.3 is 0 Å². The van der Waals surface area contributed by atoms with E-state index in [1.165, 1.54) is 48.3 Å². The van der Waals surface area contributed by atoms with E-state index in [9.17, 15) is 8.78 Å². The van der Waals surface area contributed by atoms with Crippen LogP contribution in [0.25, 0.3) is 11.9 Å². The van der Waals surface area contributed by atoms with Gasteiger partial charge in [0.05, 0.1) is 16.8 Å². The number of aliphatic imine (C=N–C) groups is 1. The van der Waals surface area contributed by atoms with E-state index >= 15 is 0 Å². The fourth-order valence-corrected chi connectivity index (χ4v) is 4.77. The highest BCUT2D eigenvalue weighted by atomic mass is 32.2. The van der Waals surface area contributed by atoms with E-state index in [2.05, 4.69) is 9.98 Å². The summed E-state index contributed by atoms with van der Waals surface area (Å²) in [6, 6.07) is 9.34. The van der Waals surface area contributed by atoms with E-state index in [-0.39, 0.29) is 17.4 Å². The van der Waals surface area contributed by atoms with Crippen molar-refractivity contribution in [2.75, 3.05) is 0 Å². The van der Waals surface area contributed by atoms with E-state index in [1.54, 1.807) is 6.07 Å². The molecule has 1 aromatic heterocycles. The quantitative estimate of drug-likeness (QED) is 0.862. The van der Waals surface area contributed by atoms with Gasteiger partial charge in [-0.25, -0.2) is 8.78 Å². The van der Waals surface area contributed by atoms with Gasteiger partial charge in [0, 0.05) is 22.9 Å². The molecule has 136 valence electrons. The minimum atomic E-state index is -0.739. The molecule has 1 aliphatic carbocycles. The lowest BCUT2D eigenvalue weighted by molar-refractivity contribution is 0.408. The number of hydrogen-bond acceptors (Lipinski definition) is 5. The van der Waals surface area contributed by atoms with Gasteiger partial charge in [-0.1, -0.05) is 17.8 Å². The Morgan fingerprint density at radius 3 is 2.93 bits per heavy atom. The summed E-state index contributed by atoms with van der Waals surface area (Å²) in [5, 5.41) is 9.62. The van der Waals surface area contributed by atoms with Crippen LogP contribution in [0.5, 0.6) is 0 Å². The molecule has 0 radical (unpaired) electrons. The normalized spacial score (nSPS) is 26.7. The highest BCUT2D eigenvalue weighted by molar-refractivity contribution is 8.14. The van der Waals surface area contributed by atoms with Crippen molar-refractivity contribution in [3.05, 3.63) is 64.7 Å². The molecule has 3 atom stereocenters. The highest BCUT2D eigenvalue weighted by Crippen LogP contribution is 2.57. The molecule has 27 heavy (non-hydrogen) atoms. The number of nitrogens with two attached hydrogens (primary N) is 1. The van der Waals surface area contributed by atoms with Crippen molar-refractivity contribution in [3.63, 3.8) is 0 Å². The summed E-state index contributed by atoms with van der Waals surface area (Å²) in [4.78, 5) is 8.46. The maximum atomic E-state index is 14.6. The van der Waals surface area contributed by atoms with Crippen molar-refractivity contribution in [2.24, 2.45) is 16.6 Å². The van der Waals surface area contributed by atoms with Crippen LogP contribution < -0.4 is 5.73 Å². The lowest BCUT2D eigenvalue weighted by Crippen LogP contribution is -2.31. The van der Waals surface area contributed by atoms with Crippen LogP contribution in [-0.2, 0) is 5.54 Å². The fraction of sp³-hybridized carbons (Fsp3) is 0.250. The summed E-state index contributed by atoms with van der Waals surface area (Å²) in [5.41, 5.74) is 6.59. The molecule has 2 heterocycles. The van der Waals surface area contributed by atoms with Crippen LogP contribution in [0.2, 0.25) is 0 Å². The number of halogens is 2. The second-order valence-corrected chi connectivity index (χ2v) is 8.13. The zero-order chi connectivity index (χ0) is 19.2. The Bertz CT molecular complexity index is 1010. The number of nitriles is 1. The lowest BCUT2D eigenvalue weighted by atomic mass is 9.86. The van der Waals surface area contributed by atoms with Crippen LogP contribution in [0.15, 0.2) is 41.5 Å². The van der Waals surface area contributed by atoms with Crippen molar-refractivity contribution in [3.8, 4) is 6.07 Å². The average Bonchev–Trinajstić information content (AvgIpc) is 3.43. The molecule has 2 aliphatic rings. The predicted molar refractivity (Wildman–Crippen MR) is 103 cm³/mol. The zero-order valence-electron chi connectivity index (χ0n) is 14.5. The Hall–Kier alpha value is -2.72. The molecule has 0 amide bonds. The van der Waals surface area contributed by atoms with Crippen LogP contribution >= 0.6 is 11.8 Å². The molecule has 1 aromatic carbocycles. The summed E-state index contributed by atoms with van der Waals surface area (Å²) >= 11 is 1.54. The van der Waals surface area contributed by atoms with Crippen LogP contribution in [0.1, 0.15) is 35.7 Å². The maximum Gasteiger partial charge on any atom is 0.155 e. The van der Waals surface area contributed by atoms with E-state index < -0.39 is 11.4 Å². The first-order valence-corrected chi connectivity index (χ1v) is 9.34. The number of aromatic nitrogens is 1. The monoisotopic (exact) mass is 382 g/mol. The molecule has 2 aromatic rings. The van der Waals surface area contributed by atoms with Crippen LogP contribution in [-0.4, -0.2) is 15.4 Å². The summed E-state index contributed by atoms with van der Waals surface area (Å²) in [7, 11) is 0. The number of thioether (sulfide) groups is 1. The van der Waals surface area contributed by atoms with Gasteiger partial charge in [-0.2, -0.15) is 5.26 Å². The molecule has 0 spiro atoms. The van der Waals surface area contributed by atoms with Gasteiger partial charge in [0.15, 0.2) is 5.17 Å². The van der Waals surface area contributed by atoms with Crippen LogP contribution in [0.3, 0.4) is 0 Å². The Kier molecular flexibility index (Phi) is 4.23. The van der Waals surface area contributed by atoms with Gasteiger partial charge in [-0.05, 0) is 49.2 Å². The predicted octanol–water partition coefficient (Wildman–Crippen LogP) is 4.23. The molecule has 3 unspecified atom stereocenters. The molecule has 1 fully saturated rings. The summed E-state index contributed by atoms with van der Waals surface area (Å²) < 4.78 is 29.1. The Morgan fingerprint density at radius 1 is 1.41 bits per heavy atom. The first kappa shape index (κ1) is 17.7. The van der Waals surface area contributed by atoms with Crippen molar-refractivity contribution in [2.45, 2.75) is 24.1 Å². The van der Waals surface area contributed by atoms with Crippen LogP contribution in [0, 0.1) is 23.1 Å². The van der Waals surface area contributed by atoms with Gasteiger partial charge in [0.1, 0.15) is 17.7 Å². The van der Waals surface area contributed by atoms with E-state index in [4.69, 9.17) is 11.0 Å². The average molecular weight is 382 g/mol. The Balaban J connectivity index is 1.70. The number of rotatable bonds is 3. The molecular formula is C20H16F2N4S. The number of benzene rings is 1. The first-order chi connectivity index (χ1) is 12.9. The number of fused-ring (bicyclic) bond motifs is 1. The largest absolute Gasteiger partial charge is 0.379 e. The van der Waals surface area contributed by atoms with Gasteiger partial charge in [-0.3, -0.25) is 9.98 Å². The van der Waals surface area contributed by atoms with E-state index in [0.29, 0.717) is 27.1 Å². The standard InChI is InChI=1S/C20H16F2N4S/c1-20(14-8-18(14)27-19(24)26-20)13-6-11(2-4-15(13)21)7-16(22)17-5-3-12(9-23)10-25-17/h2-7,10,14,18H,8H2,1H3,(H2,24,26). The third-order valence-electron chi connectivity index (χ3n) is 5.03. The molecule has 1 aliphatic heterocycles.